The molecule has 1 aromatic heterocycles. The van der Waals surface area contributed by atoms with Crippen molar-refractivity contribution in [2.75, 3.05) is 20.1 Å². The number of hydrogen-bond donors (Lipinski definition) is 2. The summed E-state index contributed by atoms with van der Waals surface area (Å²) in [7, 11) is 4.07. The largest absolute Gasteiger partial charge is 0.389 e. The van der Waals surface area contributed by atoms with E-state index in [1.807, 2.05) is 30.9 Å². The van der Waals surface area contributed by atoms with Gasteiger partial charge < -0.3 is 15.4 Å². The quantitative estimate of drug-likeness (QED) is 0.718. The van der Waals surface area contributed by atoms with E-state index in [0.29, 0.717) is 13.0 Å². The van der Waals surface area contributed by atoms with E-state index < -0.39 is 5.60 Å². The Bertz CT molecular complexity index is 347. The molecule has 0 fully saturated rings. The molecule has 5 heteroatoms. The van der Waals surface area contributed by atoms with E-state index in [-0.39, 0.29) is 0 Å². The number of imidazole rings is 1. The number of rotatable bonds is 8. The van der Waals surface area contributed by atoms with Crippen LogP contribution in [0.1, 0.15) is 32.0 Å². The molecule has 0 saturated carbocycles. The smallest absolute Gasteiger partial charge is 0.122 e. The summed E-state index contributed by atoms with van der Waals surface area (Å²) in [5.41, 5.74) is 4.90. The van der Waals surface area contributed by atoms with E-state index in [0.717, 1.165) is 31.8 Å². The zero-order valence-corrected chi connectivity index (χ0v) is 11.8. The molecule has 1 heterocycles. The van der Waals surface area contributed by atoms with Crippen LogP contribution in [0.5, 0.6) is 0 Å². The van der Waals surface area contributed by atoms with Crippen molar-refractivity contribution >= 4 is 0 Å². The van der Waals surface area contributed by atoms with E-state index in [4.69, 9.17) is 5.73 Å². The maximum absolute atomic E-state index is 10.1. The average Bonchev–Trinajstić information content (AvgIpc) is 2.75. The standard InChI is InChI=1S/C13H26N4O/c1-4-13(18,11-14)6-5-8-16(2)10-12-15-7-9-17(12)3/h7,9,18H,4-6,8,10-11,14H2,1-3H3. The predicted molar refractivity (Wildman–Crippen MR) is 73.1 cm³/mol. The van der Waals surface area contributed by atoms with Crippen molar-refractivity contribution in [2.45, 2.75) is 38.3 Å². The second kappa shape index (κ2) is 6.87. The van der Waals surface area contributed by atoms with Gasteiger partial charge in [0.15, 0.2) is 0 Å². The Morgan fingerprint density at radius 1 is 1.56 bits per heavy atom. The maximum Gasteiger partial charge on any atom is 0.122 e. The lowest BCUT2D eigenvalue weighted by atomic mass is 9.95. The Morgan fingerprint density at radius 2 is 2.28 bits per heavy atom. The van der Waals surface area contributed by atoms with E-state index in [9.17, 15) is 5.11 Å². The number of hydrogen-bond acceptors (Lipinski definition) is 4. The lowest BCUT2D eigenvalue weighted by molar-refractivity contribution is 0.0320. The van der Waals surface area contributed by atoms with Gasteiger partial charge in [-0.25, -0.2) is 4.98 Å². The molecule has 1 rings (SSSR count). The number of aromatic nitrogens is 2. The molecule has 0 saturated heterocycles. The number of aliphatic hydroxyl groups is 1. The molecular weight excluding hydrogens is 228 g/mol. The molecule has 0 aromatic carbocycles. The Morgan fingerprint density at radius 3 is 2.78 bits per heavy atom. The zero-order chi connectivity index (χ0) is 13.6. The zero-order valence-electron chi connectivity index (χ0n) is 11.8. The molecule has 1 atom stereocenters. The average molecular weight is 254 g/mol. The van der Waals surface area contributed by atoms with Crippen molar-refractivity contribution in [1.29, 1.82) is 0 Å². The number of nitrogens with zero attached hydrogens (tertiary/aromatic N) is 3. The molecule has 5 nitrogen and oxygen atoms in total. The summed E-state index contributed by atoms with van der Waals surface area (Å²) in [6, 6.07) is 0. The van der Waals surface area contributed by atoms with Gasteiger partial charge in [0.05, 0.1) is 12.1 Å². The van der Waals surface area contributed by atoms with Crippen LogP contribution >= 0.6 is 0 Å². The lowest BCUT2D eigenvalue weighted by Crippen LogP contribution is -2.37. The minimum absolute atomic E-state index is 0.340. The van der Waals surface area contributed by atoms with Gasteiger partial charge in [0.2, 0.25) is 0 Å². The fraction of sp³-hybridized carbons (Fsp3) is 0.769. The summed E-state index contributed by atoms with van der Waals surface area (Å²) in [5.74, 6) is 1.06. The van der Waals surface area contributed by atoms with E-state index in [1.165, 1.54) is 0 Å². The highest BCUT2D eigenvalue weighted by Gasteiger charge is 2.21. The first-order valence-electron chi connectivity index (χ1n) is 6.58. The Hall–Kier alpha value is -0.910. The third-order valence-corrected chi connectivity index (χ3v) is 3.55. The molecule has 0 aliphatic heterocycles. The van der Waals surface area contributed by atoms with Crippen LogP contribution in [0.2, 0.25) is 0 Å². The topological polar surface area (TPSA) is 67.3 Å². The van der Waals surface area contributed by atoms with Gasteiger partial charge >= 0.3 is 0 Å². The number of nitrogens with two attached hydrogens (primary N) is 1. The molecule has 0 aliphatic carbocycles. The summed E-state index contributed by atoms with van der Waals surface area (Å²) in [6.45, 7) is 4.09. The van der Waals surface area contributed by atoms with Crippen molar-refractivity contribution < 1.29 is 5.11 Å². The molecule has 104 valence electrons. The van der Waals surface area contributed by atoms with Crippen molar-refractivity contribution in [3.63, 3.8) is 0 Å². The third-order valence-electron chi connectivity index (χ3n) is 3.55. The molecule has 0 aliphatic rings. The third kappa shape index (κ3) is 4.40. The Kier molecular flexibility index (Phi) is 5.78. The van der Waals surface area contributed by atoms with Gasteiger partial charge in [0.25, 0.3) is 0 Å². The fourth-order valence-corrected chi connectivity index (χ4v) is 1.97. The highest BCUT2D eigenvalue weighted by molar-refractivity contribution is 4.90. The Balaban J connectivity index is 2.29. The second-order valence-corrected chi connectivity index (χ2v) is 5.08. The van der Waals surface area contributed by atoms with Gasteiger partial charge in [0.1, 0.15) is 5.82 Å². The van der Waals surface area contributed by atoms with Gasteiger partial charge in [-0.1, -0.05) is 6.92 Å². The van der Waals surface area contributed by atoms with Crippen LogP contribution in [0, 0.1) is 0 Å². The first-order chi connectivity index (χ1) is 8.50. The van der Waals surface area contributed by atoms with Gasteiger partial charge in [-0.15, -0.1) is 0 Å². The van der Waals surface area contributed by atoms with E-state index in [1.54, 1.807) is 0 Å². The van der Waals surface area contributed by atoms with Gasteiger partial charge in [-0.2, -0.15) is 0 Å². The summed E-state index contributed by atoms with van der Waals surface area (Å²) in [4.78, 5) is 6.51. The lowest BCUT2D eigenvalue weighted by Gasteiger charge is -2.26. The first kappa shape index (κ1) is 15.1. The normalized spacial score (nSPS) is 15.0. The summed E-state index contributed by atoms with van der Waals surface area (Å²) < 4.78 is 2.03. The summed E-state index contributed by atoms with van der Waals surface area (Å²) in [5, 5.41) is 10.1. The number of aryl methyl sites for hydroxylation is 1. The van der Waals surface area contributed by atoms with Gasteiger partial charge in [0, 0.05) is 26.0 Å². The second-order valence-electron chi connectivity index (χ2n) is 5.08. The van der Waals surface area contributed by atoms with Crippen LogP contribution in [0.4, 0.5) is 0 Å². The molecule has 0 bridgehead atoms. The van der Waals surface area contributed by atoms with Gasteiger partial charge in [-0.05, 0) is 32.9 Å². The fourth-order valence-electron chi connectivity index (χ4n) is 1.97. The van der Waals surface area contributed by atoms with Crippen LogP contribution in [0.15, 0.2) is 12.4 Å². The molecule has 1 aromatic rings. The summed E-state index contributed by atoms with van der Waals surface area (Å²) >= 11 is 0. The van der Waals surface area contributed by atoms with Gasteiger partial charge in [-0.3, -0.25) is 4.90 Å². The van der Waals surface area contributed by atoms with E-state index in [2.05, 4.69) is 16.9 Å². The molecule has 0 spiro atoms. The van der Waals surface area contributed by atoms with Crippen molar-refractivity contribution in [3.8, 4) is 0 Å². The maximum atomic E-state index is 10.1. The van der Waals surface area contributed by atoms with Crippen molar-refractivity contribution in [1.82, 2.24) is 14.5 Å². The molecule has 18 heavy (non-hydrogen) atoms. The minimum Gasteiger partial charge on any atom is -0.389 e. The summed E-state index contributed by atoms with van der Waals surface area (Å²) in [6.07, 6.45) is 6.18. The molecule has 1 unspecified atom stereocenters. The monoisotopic (exact) mass is 254 g/mol. The first-order valence-corrected chi connectivity index (χ1v) is 6.58. The van der Waals surface area contributed by atoms with Crippen molar-refractivity contribution in [2.24, 2.45) is 12.8 Å². The highest BCUT2D eigenvalue weighted by Crippen LogP contribution is 2.15. The van der Waals surface area contributed by atoms with Crippen molar-refractivity contribution in [3.05, 3.63) is 18.2 Å². The van der Waals surface area contributed by atoms with E-state index >= 15 is 0 Å². The predicted octanol–water partition coefficient (Wildman–Crippen LogP) is 0.732. The highest BCUT2D eigenvalue weighted by atomic mass is 16.3. The molecular formula is C13H26N4O. The van der Waals surface area contributed by atoms with Crippen LogP contribution in [-0.4, -0.2) is 45.3 Å². The van der Waals surface area contributed by atoms with Crippen LogP contribution in [0.25, 0.3) is 0 Å². The van der Waals surface area contributed by atoms with Crippen LogP contribution in [-0.2, 0) is 13.6 Å². The Labute approximate surface area is 110 Å². The molecule has 0 amide bonds. The van der Waals surface area contributed by atoms with Crippen LogP contribution < -0.4 is 5.73 Å². The SMILES string of the molecule is CCC(O)(CN)CCCN(C)Cc1nccn1C. The molecule has 0 radical (unpaired) electrons. The molecule has 3 N–H and O–H groups in total. The van der Waals surface area contributed by atoms with Crippen LogP contribution in [0.3, 0.4) is 0 Å². The minimum atomic E-state index is -0.690.